The van der Waals surface area contributed by atoms with E-state index in [9.17, 15) is 4.79 Å². The molecular weight excluding hydrogens is 428 g/mol. The van der Waals surface area contributed by atoms with Gasteiger partial charge in [-0.15, -0.1) is 0 Å². The highest BCUT2D eigenvalue weighted by Crippen LogP contribution is 2.20. The summed E-state index contributed by atoms with van der Waals surface area (Å²) >= 11 is 5.85. The summed E-state index contributed by atoms with van der Waals surface area (Å²) in [5.41, 5.74) is 5.00. The molecule has 0 aliphatic carbocycles. The Labute approximate surface area is 202 Å². The third-order valence-corrected chi connectivity index (χ3v) is 6.77. The minimum absolute atomic E-state index is 0.0528. The van der Waals surface area contributed by atoms with Crippen LogP contribution in [0.1, 0.15) is 49.1 Å². The van der Waals surface area contributed by atoms with Crippen LogP contribution in [0.3, 0.4) is 0 Å². The van der Waals surface area contributed by atoms with Gasteiger partial charge in [-0.05, 0) is 68.8 Å². The fraction of sp³-hybridized carbons (Fsp3) is 0.407. The normalized spacial score (nSPS) is 12.2. The molecule has 3 aromatic rings. The van der Waals surface area contributed by atoms with E-state index in [2.05, 4.69) is 66.0 Å². The second-order valence-electron chi connectivity index (χ2n) is 8.64. The lowest BCUT2D eigenvalue weighted by atomic mass is 10.0. The number of thiocarbonyl (C=S) groups is 1. The molecule has 176 valence electrons. The summed E-state index contributed by atoms with van der Waals surface area (Å²) in [6.07, 6.45) is 0. The van der Waals surface area contributed by atoms with Crippen LogP contribution in [0.15, 0.2) is 53.3 Å². The van der Waals surface area contributed by atoms with Crippen LogP contribution in [0.4, 0.5) is 0 Å². The first-order valence-corrected chi connectivity index (χ1v) is 12.2. The quantitative estimate of drug-likeness (QED) is 0.440. The maximum absolute atomic E-state index is 13.0. The molecule has 3 rings (SSSR count). The Bertz CT molecular complexity index is 1140. The fourth-order valence-electron chi connectivity index (χ4n) is 4.10. The van der Waals surface area contributed by atoms with Crippen molar-refractivity contribution >= 4 is 28.2 Å². The van der Waals surface area contributed by atoms with Gasteiger partial charge in [0.25, 0.3) is 5.56 Å². The first kappa shape index (κ1) is 24.9. The molecule has 0 spiro atoms. The standard InChI is InChI=1S/C27H36N4OS/c1-6-30(7-2)15-16-31(27(33)28-21(5)22-11-9-8-10-12-22)18-23-17-24-19(3)13-14-20(4)25(24)29-26(23)32/h8-14,17,21H,6-7,15-16,18H2,1-5H3,(H,28,33)(H,29,32)/t21-/m1/s1. The average Bonchev–Trinajstić information content (AvgIpc) is 2.82. The van der Waals surface area contributed by atoms with Crippen molar-refractivity contribution in [3.63, 3.8) is 0 Å². The van der Waals surface area contributed by atoms with Gasteiger partial charge in [0, 0.05) is 24.0 Å². The molecule has 6 heteroatoms. The van der Waals surface area contributed by atoms with Gasteiger partial charge in [0.1, 0.15) is 0 Å². The van der Waals surface area contributed by atoms with E-state index in [1.807, 2.05) is 37.3 Å². The highest BCUT2D eigenvalue weighted by molar-refractivity contribution is 7.80. The van der Waals surface area contributed by atoms with Crippen LogP contribution in [-0.4, -0.2) is 46.1 Å². The lowest BCUT2D eigenvalue weighted by molar-refractivity contribution is 0.262. The minimum Gasteiger partial charge on any atom is -0.356 e. The molecule has 0 radical (unpaired) electrons. The van der Waals surface area contributed by atoms with Crippen molar-refractivity contribution in [2.75, 3.05) is 26.2 Å². The average molecular weight is 465 g/mol. The second kappa shape index (κ2) is 11.4. The topological polar surface area (TPSA) is 51.4 Å². The van der Waals surface area contributed by atoms with Crippen molar-refractivity contribution in [2.24, 2.45) is 0 Å². The zero-order chi connectivity index (χ0) is 24.0. The van der Waals surface area contributed by atoms with E-state index < -0.39 is 0 Å². The molecule has 0 saturated carbocycles. The molecule has 2 N–H and O–H groups in total. The maximum Gasteiger partial charge on any atom is 0.253 e. The summed E-state index contributed by atoms with van der Waals surface area (Å²) in [5, 5.41) is 5.23. The summed E-state index contributed by atoms with van der Waals surface area (Å²) < 4.78 is 0. The fourth-order valence-corrected chi connectivity index (χ4v) is 4.43. The molecule has 5 nitrogen and oxygen atoms in total. The van der Waals surface area contributed by atoms with E-state index in [1.54, 1.807) is 0 Å². The van der Waals surface area contributed by atoms with E-state index in [-0.39, 0.29) is 11.6 Å². The van der Waals surface area contributed by atoms with E-state index in [0.717, 1.165) is 53.8 Å². The maximum atomic E-state index is 13.0. The molecule has 0 fully saturated rings. The van der Waals surface area contributed by atoms with Gasteiger partial charge in [-0.2, -0.15) is 0 Å². The molecule has 1 aromatic heterocycles. The zero-order valence-corrected chi connectivity index (χ0v) is 21.3. The number of likely N-dealkylation sites (N-methyl/N-ethyl adjacent to an activating group) is 1. The molecule has 33 heavy (non-hydrogen) atoms. The van der Waals surface area contributed by atoms with Gasteiger partial charge in [-0.1, -0.05) is 56.3 Å². The number of nitrogens with zero attached hydrogens (tertiary/aromatic N) is 2. The number of rotatable bonds is 9. The third-order valence-electron chi connectivity index (χ3n) is 6.39. The third kappa shape index (κ3) is 6.21. The highest BCUT2D eigenvalue weighted by atomic mass is 32.1. The largest absolute Gasteiger partial charge is 0.356 e. The van der Waals surface area contributed by atoms with E-state index >= 15 is 0 Å². The Balaban J connectivity index is 1.87. The Kier molecular flexibility index (Phi) is 8.64. The van der Waals surface area contributed by atoms with Crippen molar-refractivity contribution in [3.05, 3.63) is 81.1 Å². The van der Waals surface area contributed by atoms with Crippen LogP contribution in [0.5, 0.6) is 0 Å². The van der Waals surface area contributed by atoms with Crippen LogP contribution in [0.25, 0.3) is 10.9 Å². The number of fused-ring (bicyclic) bond motifs is 1. The number of aromatic amines is 1. The van der Waals surface area contributed by atoms with E-state index in [0.29, 0.717) is 11.7 Å². The Hall–Kier alpha value is -2.70. The van der Waals surface area contributed by atoms with Gasteiger partial charge in [0.15, 0.2) is 5.11 Å². The first-order valence-electron chi connectivity index (χ1n) is 11.8. The second-order valence-corrected chi connectivity index (χ2v) is 9.03. The number of aryl methyl sites for hydroxylation is 2. The number of hydrogen-bond donors (Lipinski definition) is 2. The van der Waals surface area contributed by atoms with Crippen LogP contribution in [0, 0.1) is 13.8 Å². The number of benzene rings is 2. The van der Waals surface area contributed by atoms with Crippen molar-refractivity contribution in [2.45, 2.75) is 47.2 Å². The molecule has 0 saturated heterocycles. The van der Waals surface area contributed by atoms with E-state index in [1.165, 1.54) is 5.56 Å². The van der Waals surface area contributed by atoms with Gasteiger partial charge in [0.2, 0.25) is 0 Å². The summed E-state index contributed by atoms with van der Waals surface area (Å²) in [5.74, 6) is 0. The van der Waals surface area contributed by atoms with Crippen LogP contribution >= 0.6 is 12.2 Å². The highest BCUT2D eigenvalue weighted by Gasteiger charge is 2.17. The van der Waals surface area contributed by atoms with Gasteiger partial charge in [0.05, 0.1) is 18.1 Å². The van der Waals surface area contributed by atoms with Crippen LogP contribution in [-0.2, 0) is 6.54 Å². The van der Waals surface area contributed by atoms with Gasteiger partial charge in [-0.25, -0.2) is 0 Å². The van der Waals surface area contributed by atoms with Crippen LogP contribution < -0.4 is 10.9 Å². The summed E-state index contributed by atoms with van der Waals surface area (Å²) in [7, 11) is 0. The smallest absolute Gasteiger partial charge is 0.253 e. The number of hydrogen-bond acceptors (Lipinski definition) is 3. The molecule has 0 unspecified atom stereocenters. The van der Waals surface area contributed by atoms with Gasteiger partial charge in [-0.3, -0.25) is 4.79 Å². The molecular formula is C27H36N4OS. The molecule has 0 amide bonds. The predicted octanol–water partition coefficient (Wildman–Crippen LogP) is 4.92. The number of H-pyrrole nitrogens is 1. The zero-order valence-electron chi connectivity index (χ0n) is 20.4. The Morgan fingerprint density at radius 3 is 2.36 bits per heavy atom. The van der Waals surface area contributed by atoms with E-state index in [4.69, 9.17) is 12.2 Å². The molecule has 1 heterocycles. The molecule has 0 bridgehead atoms. The SMILES string of the molecule is CCN(CC)CCN(Cc1cc2c(C)ccc(C)c2[nH]c1=O)C(=S)N[C@H](C)c1ccccc1. The minimum atomic E-state index is -0.0528. The van der Waals surface area contributed by atoms with Gasteiger partial charge >= 0.3 is 0 Å². The number of aromatic nitrogens is 1. The first-order chi connectivity index (χ1) is 15.8. The summed E-state index contributed by atoms with van der Waals surface area (Å²) in [4.78, 5) is 20.6. The molecule has 2 aromatic carbocycles. The number of pyridine rings is 1. The summed E-state index contributed by atoms with van der Waals surface area (Å²) in [6, 6.07) is 16.5. The van der Waals surface area contributed by atoms with Crippen molar-refractivity contribution in [3.8, 4) is 0 Å². The van der Waals surface area contributed by atoms with Crippen LogP contribution in [0.2, 0.25) is 0 Å². The lowest BCUT2D eigenvalue weighted by Crippen LogP contribution is -2.44. The van der Waals surface area contributed by atoms with Crippen molar-refractivity contribution in [1.29, 1.82) is 0 Å². The molecule has 0 aliphatic rings. The van der Waals surface area contributed by atoms with Crippen molar-refractivity contribution in [1.82, 2.24) is 20.1 Å². The Morgan fingerprint density at radius 1 is 1.03 bits per heavy atom. The van der Waals surface area contributed by atoms with Crippen molar-refractivity contribution < 1.29 is 0 Å². The monoisotopic (exact) mass is 464 g/mol. The Morgan fingerprint density at radius 2 is 1.70 bits per heavy atom. The number of nitrogens with one attached hydrogen (secondary N) is 2. The van der Waals surface area contributed by atoms with Gasteiger partial charge < -0.3 is 20.1 Å². The summed E-state index contributed by atoms with van der Waals surface area (Å²) in [6.45, 7) is 14.6. The molecule has 1 atom stereocenters. The predicted molar refractivity (Wildman–Crippen MR) is 143 cm³/mol. The molecule has 0 aliphatic heterocycles. The lowest BCUT2D eigenvalue weighted by Gasteiger charge is -2.30.